The normalized spacial score (nSPS) is 8.50. The minimum absolute atomic E-state index is 0.0562. The molecule has 0 aromatic heterocycles. The van der Waals surface area contributed by atoms with Crippen LogP contribution in [0.3, 0.4) is 0 Å². The summed E-state index contributed by atoms with van der Waals surface area (Å²) in [5.74, 6) is -0.0562. The third-order valence-corrected chi connectivity index (χ3v) is 0.745. The molecular weight excluding hydrogens is 136 g/mol. The SMILES string of the molecule is NC(N)=NCCN(O)C=O. The number of nitrogens with two attached hydrogens (primary N) is 2. The Labute approximate surface area is 58.1 Å². The van der Waals surface area contributed by atoms with E-state index in [2.05, 4.69) is 4.99 Å². The highest BCUT2D eigenvalue weighted by atomic mass is 16.5. The van der Waals surface area contributed by atoms with Crippen LogP contribution in [0.5, 0.6) is 0 Å². The summed E-state index contributed by atoms with van der Waals surface area (Å²) < 4.78 is 0. The molecule has 0 aliphatic heterocycles. The third kappa shape index (κ3) is 4.85. The first-order valence-corrected chi connectivity index (χ1v) is 2.63. The Kier molecular flexibility index (Phi) is 3.97. The second kappa shape index (κ2) is 4.57. The van der Waals surface area contributed by atoms with Gasteiger partial charge in [-0.2, -0.15) is 0 Å². The van der Waals surface area contributed by atoms with Crippen molar-refractivity contribution in [1.29, 1.82) is 0 Å². The third-order valence-electron chi connectivity index (χ3n) is 0.745. The molecule has 0 heterocycles. The highest BCUT2D eigenvalue weighted by Crippen LogP contribution is 1.74. The van der Waals surface area contributed by atoms with Crippen LogP contribution < -0.4 is 11.5 Å². The van der Waals surface area contributed by atoms with Gasteiger partial charge in [0.05, 0.1) is 13.1 Å². The predicted molar refractivity (Wildman–Crippen MR) is 35.2 cm³/mol. The van der Waals surface area contributed by atoms with E-state index in [-0.39, 0.29) is 25.5 Å². The summed E-state index contributed by atoms with van der Waals surface area (Å²) in [5.41, 5.74) is 9.92. The van der Waals surface area contributed by atoms with Crippen molar-refractivity contribution >= 4 is 12.4 Å². The summed E-state index contributed by atoms with van der Waals surface area (Å²) in [4.78, 5) is 13.3. The fourth-order valence-corrected chi connectivity index (χ4v) is 0.334. The number of rotatable bonds is 4. The van der Waals surface area contributed by atoms with Gasteiger partial charge < -0.3 is 11.5 Å². The predicted octanol–water partition coefficient (Wildman–Crippen LogP) is -1.89. The van der Waals surface area contributed by atoms with Crippen molar-refractivity contribution in [2.24, 2.45) is 16.5 Å². The van der Waals surface area contributed by atoms with Gasteiger partial charge in [0.15, 0.2) is 5.96 Å². The first kappa shape index (κ1) is 8.70. The lowest BCUT2D eigenvalue weighted by Crippen LogP contribution is -2.26. The van der Waals surface area contributed by atoms with Crippen LogP contribution in [-0.4, -0.2) is 35.7 Å². The Morgan fingerprint density at radius 3 is 2.70 bits per heavy atom. The Bertz CT molecular complexity index is 131. The van der Waals surface area contributed by atoms with Gasteiger partial charge in [0.25, 0.3) is 0 Å². The second-order valence-electron chi connectivity index (χ2n) is 1.58. The van der Waals surface area contributed by atoms with Crippen LogP contribution in [-0.2, 0) is 4.79 Å². The van der Waals surface area contributed by atoms with E-state index >= 15 is 0 Å². The minimum atomic E-state index is -0.0562. The molecule has 0 fully saturated rings. The molecule has 0 aromatic rings. The van der Waals surface area contributed by atoms with E-state index in [4.69, 9.17) is 16.7 Å². The maximum absolute atomic E-state index is 9.75. The monoisotopic (exact) mass is 146 g/mol. The number of carbonyl (C=O) groups excluding carboxylic acids is 1. The van der Waals surface area contributed by atoms with Gasteiger partial charge in [0.2, 0.25) is 6.41 Å². The minimum Gasteiger partial charge on any atom is -0.370 e. The van der Waals surface area contributed by atoms with Crippen LogP contribution in [0.4, 0.5) is 0 Å². The molecule has 0 aromatic carbocycles. The van der Waals surface area contributed by atoms with Gasteiger partial charge >= 0.3 is 0 Å². The van der Waals surface area contributed by atoms with Gasteiger partial charge in [-0.1, -0.05) is 0 Å². The molecule has 1 amide bonds. The highest BCUT2D eigenvalue weighted by Gasteiger charge is 1.91. The number of carbonyl (C=O) groups is 1. The molecule has 0 aliphatic rings. The average molecular weight is 146 g/mol. The van der Waals surface area contributed by atoms with E-state index in [0.29, 0.717) is 5.06 Å². The van der Waals surface area contributed by atoms with Crippen LogP contribution >= 0.6 is 0 Å². The number of nitrogens with zero attached hydrogens (tertiary/aromatic N) is 2. The van der Waals surface area contributed by atoms with Crippen molar-refractivity contribution in [3.05, 3.63) is 0 Å². The molecule has 10 heavy (non-hydrogen) atoms. The van der Waals surface area contributed by atoms with Crippen molar-refractivity contribution in [3.8, 4) is 0 Å². The molecule has 0 atom stereocenters. The zero-order chi connectivity index (χ0) is 7.98. The second-order valence-corrected chi connectivity index (χ2v) is 1.58. The molecule has 0 spiro atoms. The van der Waals surface area contributed by atoms with Crippen molar-refractivity contribution in [3.63, 3.8) is 0 Å². The first-order valence-electron chi connectivity index (χ1n) is 2.63. The molecule has 58 valence electrons. The molecule has 0 saturated heterocycles. The zero-order valence-electron chi connectivity index (χ0n) is 5.40. The van der Waals surface area contributed by atoms with E-state index in [0.717, 1.165) is 0 Å². The lowest BCUT2D eigenvalue weighted by atomic mass is 10.6. The molecule has 0 radical (unpaired) electrons. The first-order chi connectivity index (χ1) is 4.66. The van der Waals surface area contributed by atoms with Gasteiger partial charge in [-0.3, -0.25) is 15.0 Å². The van der Waals surface area contributed by atoms with Crippen molar-refractivity contribution < 1.29 is 10.0 Å². The Morgan fingerprint density at radius 1 is 1.70 bits per heavy atom. The van der Waals surface area contributed by atoms with E-state index in [9.17, 15) is 4.79 Å². The fraction of sp³-hybridized carbons (Fsp3) is 0.500. The largest absolute Gasteiger partial charge is 0.370 e. The maximum atomic E-state index is 9.75. The van der Waals surface area contributed by atoms with Crippen molar-refractivity contribution in [2.75, 3.05) is 13.1 Å². The van der Waals surface area contributed by atoms with Gasteiger partial charge in [-0.25, -0.2) is 5.06 Å². The number of aliphatic imine (C=N–C) groups is 1. The summed E-state index contributed by atoms with van der Waals surface area (Å²) >= 11 is 0. The summed E-state index contributed by atoms with van der Waals surface area (Å²) in [6, 6.07) is 0. The Balaban J connectivity index is 3.36. The van der Waals surface area contributed by atoms with E-state index in [1.165, 1.54) is 0 Å². The van der Waals surface area contributed by atoms with E-state index in [1.807, 2.05) is 0 Å². The van der Waals surface area contributed by atoms with Crippen LogP contribution in [0.25, 0.3) is 0 Å². The zero-order valence-corrected chi connectivity index (χ0v) is 5.40. The lowest BCUT2D eigenvalue weighted by molar-refractivity contribution is -0.148. The molecule has 0 rings (SSSR count). The average Bonchev–Trinajstić information content (AvgIpc) is 1.87. The molecule has 0 bridgehead atoms. The van der Waals surface area contributed by atoms with Crippen LogP contribution in [0.1, 0.15) is 0 Å². The summed E-state index contributed by atoms with van der Waals surface area (Å²) in [6.45, 7) is 0.305. The number of guanidine groups is 1. The Morgan fingerprint density at radius 2 is 2.30 bits per heavy atom. The molecule has 6 nitrogen and oxygen atoms in total. The fourth-order valence-electron chi connectivity index (χ4n) is 0.334. The Hall–Kier alpha value is -1.30. The number of amides is 1. The van der Waals surface area contributed by atoms with Crippen molar-refractivity contribution in [1.82, 2.24) is 5.06 Å². The summed E-state index contributed by atoms with van der Waals surface area (Å²) in [6.07, 6.45) is 0.280. The smallest absolute Gasteiger partial charge is 0.233 e. The van der Waals surface area contributed by atoms with Crippen LogP contribution in [0.2, 0.25) is 0 Å². The topological polar surface area (TPSA) is 105 Å². The number of hydroxylamine groups is 2. The van der Waals surface area contributed by atoms with Crippen molar-refractivity contribution in [2.45, 2.75) is 0 Å². The summed E-state index contributed by atoms with van der Waals surface area (Å²) in [5, 5.41) is 8.95. The van der Waals surface area contributed by atoms with Gasteiger partial charge in [-0.15, -0.1) is 0 Å². The van der Waals surface area contributed by atoms with Crippen LogP contribution in [0, 0.1) is 0 Å². The molecule has 0 saturated carbocycles. The standard InChI is InChI=1S/C4H10N4O2/c5-4(6)7-1-2-8(10)3-9/h3,10H,1-2H2,(H4,5,6,7). The summed E-state index contributed by atoms with van der Waals surface area (Å²) in [7, 11) is 0. The number of hydrogen-bond donors (Lipinski definition) is 3. The molecule has 6 heteroatoms. The maximum Gasteiger partial charge on any atom is 0.233 e. The lowest BCUT2D eigenvalue weighted by Gasteiger charge is -2.04. The molecule has 5 N–H and O–H groups in total. The molecule has 0 unspecified atom stereocenters. The van der Waals surface area contributed by atoms with Gasteiger partial charge in [0.1, 0.15) is 0 Å². The van der Waals surface area contributed by atoms with Gasteiger partial charge in [0, 0.05) is 0 Å². The van der Waals surface area contributed by atoms with E-state index < -0.39 is 0 Å². The van der Waals surface area contributed by atoms with Crippen LogP contribution in [0.15, 0.2) is 4.99 Å². The quantitative estimate of drug-likeness (QED) is 0.142. The molecular formula is C4H10N4O2. The van der Waals surface area contributed by atoms with Gasteiger partial charge in [-0.05, 0) is 0 Å². The highest BCUT2D eigenvalue weighted by molar-refractivity contribution is 5.75. The van der Waals surface area contributed by atoms with E-state index in [1.54, 1.807) is 0 Å². The number of hydrogen-bond acceptors (Lipinski definition) is 3. The molecule has 0 aliphatic carbocycles.